The van der Waals surface area contributed by atoms with Gasteiger partial charge in [-0.2, -0.15) is 0 Å². The molecule has 1 aliphatic heterocycles. The number of pyridine rings is 1. The molecule has 3 N–H and O–H groups in total. The first-order valence-corrected chi connectivity index (χ1v) is 11.2. The van der Waals surface area contributed by atoms with Crippen molar-refractivity contribution in [3.05, 3.63) is 64.9 Å². The highest BCUT2D eigenvalue weighted by Crippen LogP contribution is 2.37. The monoisotopic (exact) mass is 461 g/mol. The lowest BCUT2D eigenvalue weighted by Gasteiger charge is -2.32. The lowest BCUT2D eigenvalue weighted by atomic mass is 9.96. The van der Waals surface area contributed by atoms with E-state index in [1.54, 1.807) is 12.3 Å². The average Bonchev–Trinajstić information content (AvgIpc) is 3.19. The molecule has 7 nitrogen and oxygen atoms in total. The molecular formula is C25H24ClN5O2. The van der Waals surface area contributed by atoms with Gasteiger partial charge >= 0.3 is 0 Å². The number of aromatic nitrogens is 2. The van der Waals surface area contributed by atoms with E-state index in [0.717, 1.165) is 64.7 Å². The van der Waals surface area contributed by atoms with Gasteiger partial charge in [-0.3, -0.25) is 9.59 Å². The third-order valence-corrected chi connectivity index (χ3v) is 6.50. The van der Waals surface area contributed by atoms with E-state index < -0.39 is 5.91 Å². The zero-order chi connectivity index (χ0) is 23.1. The number of halogens is 1. The summed E-state index contributed by atoms with van der Waals surface area (Å²) in [7, 11) is 2.07. The number of nitrogens with zero attached hydrogens (tertiary/aromatic N) is 3. The standard InChI is InChI=1S/C25H24ClN5O2/c1-30-8-10-31(11-9-30)25(33)16-3-6-19-20(12-16)29-24-15(13-22(27)32)2-5-18(23(19)24)17-4-7-21(26)28-14-17/h2-7,12,14,29H,8-11,13H2,1H3,(H2,27,32). The van der Waals surface area contributed by atoms with Gasteiger partial charge in [0, 0.05) is 59.8 Å². The second-order valence-electron chi connectivity index (χ2n) is 8.52. The topological polar surface area (TPSA) is 95.3 Å². The molecule has 1 fully saturated rings. The predicted octanol–water partition coefficient (Wildman–Crippen LogP) is 3.45. The number of fused-ring (bicyclic) bond motifs is 3. The van der Waals surface area contributed by atoms with E-state index in [4.69, 9.17) is 17.3 Å². The Morgan fingerprint density at radius 3 is 2.58 bits per heavy atom. The Morgan fingerprint density at radius 2 is 1.88 bits per heavy atom. The molecule has 5 rings (SSSR count). The van der Waals surface area contributed by atoms with Crippen LogP contribution in [0.5, 0.6) is 0 Å². The smallest absolute Gasteiger partial charge is 0.254 e. The highest BCUT2D eigenvalue weighted by Gasteiger charge is 2.22. The summed E-state index contributed by atoms with van der Waals surface area (Å²) in [6.45, 7) is 3.18. The van der Waals surface area contributed by atoms with Crippen molar-refractivity contribution in [1.29, 1.82) is 0 Å². The highest BCUT2D eigenvalue weighted by molar-refractivity contribution is 6.29. The van der Waals surface area contributed by atoms with Crippen molar-refractivity contribution >= 4 is 45.2 Å². The summed E-state index contributed by atoms with van der Waals surface area (Å²) < 4.78 is 0. The minimum atomic E-state index is -0.401. The van der Waals surface area contributed by atoms with Crippen molar-refractivity contribution in [3.63, 3.8) is 0 Å². The van der Waals surface area contributed by atoms with Crippen LogP contribution in [-0.4, -0.2) is 64.8 Å². The first-order valence-electron chi connectivity index (χ1n) is 10.9. The minimum absolute atomic E-state index is 0.0307. The molecule has 0 atom stereocenters. The zero-order valence-electron chi connectivity index (χ0n) is 18.3. The molecule has 2 amide bonds. The van der Waals surface area contributed by atoms with Crippen LogP contribution in [0.1, 0.15) is 15.9 Å². The Hall–Kier alpha value is -3.42. The molecule has 4 aromatic rings. The summed E-state index contributed by atoms with van der Waals surface area (Å²) >= 11 is 5.99. The van der Waals surface area contributed by atoms with Crippen molar-refractivity contribution in [2.45, 2.75) is 6.42 Å². The number of carbonyl (C=O) groups excluding carboxylic acids is 2. The van der Waals surface area contributed by atoms with Gasteiger partial charge in [0.2, 0.25) is 5.91 Å². The van der Waals surface area contributed by atoms with Gasteiger partial charge in [-0.25, -0.2) is 4.98 Å². The molecule has 0 spiro atoms. The largest absolute Gasteiger partial charge is 0.369 e. The molecule has 1 aliphatic rings. The van der Waals surface area contributed by atoms with Crippen LogP contribution in [0.3, 0.4) is 0 Å². The number of benzene rings is 2. The Bertz CT molecular complexity index is 1370. The van der Waals surface area contributed by atoms with Crippen LogP contribution in [0.4, 0.5) is 0 Å². The summed E-state index contributed by atoms with van der Waals surface area (Å²) in [6.07, 6.45) is 1.85. The van der Waals surface area contributed by atoms with Crippen LogP contribution in [0, 0.1) is 0 Å². The molecule has 0 saturated carbocycles. The summed E-state index contributed by atoms with van der Waals surface area (Å²) in [6, 6.07) is 13.3. The number of nitrogens with one attached hydrogen (secondary N) is 1. The number of piperazine rings is 1. The van der Waals surface area contributed by atoms with E-state index in [2.05, 4.69) is 21.9 Å². The van der Waals surface area contributed by atoms with Gasteiger partial charge in [0.05, 0.1) is 11.9 Å². The van der Waals surface area contributed by atoms with Crippen molar-refractivity contribution < 1.29 is 9.59 Å². The molecule has 1 saturated heterocycles. The number of primary amides is 1. The summed E-state index contributed by atoms with van der Waals surface area (Å²) in [5.74, 6) is -0.370. The number of aromatic amines is 1. The molecule has 0 bridgehead atoms. The molecule has 0 radical (unpaired) electrons. The van der Waals surface area contributed by atoms with Crippen LogP contribution in [0.25, 0.3) is 32.9 Å². The fourth-order valence-corrected chi connectivity index (χ4v) is 4.62. The third kappa shape index (κ3) is 4.05. The number of H-pyrrole nitrogens is 1. The zero-order valence-corrected chi connectivity index (χ0v) is 19.0. The van der Waals surface area contributed by atoms with Gasteiger partial charge in [-0.15, -0.1) is 0 Å². The van der Waals surface area contributed by atoms with Gasteiger partial charge < -0.3 is 20.5 Å². The quantitative estimate of drug-likeness (QED) is 0.455. The van der Waals surface area contributed by atoms with Crippen LogP contribution >= 0.6 is 11.6 Å². The fourth-order valence-electron chi connectivity index (χ4n) is 4.50. The number of amides is 2. The summed E-state index contributed by atoms with van der Waals surface area (Å²) in [5.41, 5.74) is 10.5. The first-order chi connectivity index (χ1) is 15.9. The average molecular weight is 462 g/mol. The first kappa shape index (κ1) is 21.4. The lowest BCUT2D eigenvalue weighted by Crippen LogP contribution is -2.47. The van der Waals surface area contributed by atoms with E-state index in [1.165, 1.54) is 0 Å². The molecule has 0 unspecified atom stereocenters. The normalized spacial score (nSPS) is 14.8. The number of hydrogen-bond acceptors (Lipinski definition) is 4. The minimum Gasteiger partial charge on any atom is -0.369 e. The predicted molar refractivity (Wildman–Crippen MR) is 130 cm³/mol. The SMILES string of the molecule is CN1CCN(C(=O)c2ccc3c(c2)[nH]c2c(CC(N)=O)ccc(-c4ccc(Cl)nc4)c23)CC1. The van der Waals surface area contributed by atoms with Gasteiger partial charge in [0.15, 0.2) is 0 Å². The Labute approximate surface area is 196 Å². The number of hydrogen-bond donors (Lipinski definition) is 2. The fraction of sp³-hybridized carbons (Fsp3) is 0.240. The molecule has 2 aromatic heterocycles. The summed E-state index contributed by atoms with van der Waals surface area (Å²) in [4.78, 5) is 36.6. The Kier molecular flexibility index (Phi) is 5.52. The highest BCUT2D eigenvalue weighted by atomic mass is 35.5. The van der Waals surface area contributed by atoms with Crippen molar-refractivity contribution in [2.75, 3.05) is 33.2 Å². The maximum Gasteiger partial charge on any atom is 0.254 e. The molecule has 8 heteroatoms. The van der Waals surface area contributed by atoms with Crippen LogP contribution in [0.2, 0.25) is 5.15 Å². The van der Waals surface area contributed by atoms with Crippen molar-refractivity contribution in [2.24, 2.45) is 5.73 Å². The van der Waals surface area contributed by atoms with E-state index in [1.807, 2.05) is 41.3 Å². The van der Waals surface area contributed by atoms with Gasteiger partial charge in [-0.05, 0) is 42.4 Å². The van der Waals surface area contributed by atoms with Crippen LogP contribution < -0.4 is 5.73 Å². The number of nitrogens with two attached hydrogens (primary N) is 1. The molecule has 33 heavy (non-hydrogen) atoms. The molecule has 2 aromatic carbocycles. The molecule has 168 valence electrons. The third-order valence-electron chi connectivity index (χ3n) is 6.28. The number of rotatable bonds is 4. The van der Waals surface area contributed by atoms with E-state index in [0.29, 0.717) is 10.7 Å². The van der Waals surface area contributed by atoms with Crippen LogP contribution in [-0.2, 0) is 11.2 Å². The Morgan fingerprint density at radius 1 is 1.09 bits per heavy atom. The summed E-state index contributed by atoms with van der Waals surface area (Å²) in [5, 5.41) is 2.36. The van der Waals surface area contributed by atoms with Gasteiger partial charge in [0.25, 0.3) is 5.91 Å². The molecular weight excluding hydrogens is 438 g/mol. The van der Waals surface area contributed by atoms with Gasteiger partial charge in [-0.1, -0.05) is 29.8 Å². The van der Waals surface area contributed by atoms with Crippen LogP contribution in [0.15, 0.2) is 48.7 Å². The molecule has 3 heterocycles. The maximum atomic E-state index is 13.1. The number of carbonyl (C=O) groups is 2. The van der Waals surface area contributed by atoms with Gasteiger partial charge in [0.1, 0.15) is 5.15 Å². The van der Waals surface area contributed by atoms with E-state index in [-0.39, 0.29) is 12.3 Å². The molecule has 0 aliphatic carbocycles. The van der Waals surface area contributed by atoms with Crippen molar-refractivity contribution in [3.8, 4) is 11.1 Å². The Balaban J connectivity index is 1.64. The van der Waals surface area contributed by atoms with E-state index in [9.17, 15) is 9.59 Å². The maximum absolute atomic E-state index is 13.1. The lowest BCUT2D eigenvalue weighted by molar-refractivity contribution is -0.117. The van der Waals surface area contributed by atoms with Crippen molar-refractivity contribution in [1.82, 2.24) is 19.8 Å². The second kappa shape index (κ2) is 8.50. The van der Waals surface area contributed by atoms with E-state index >= 15 is 0 Å². The second-order valence-corrected chi connectivity index (χ2v) is 8.90. The number of likely N-dealkylation sites (N-methyl/N-ethyl adjacent to an activating group) is 1.